The Morgan fingerprint density at radius 2 is 1.96 bits per heavy atom. The van der Waals surface area contributed by atoms with Gasteiger partial charge in [0.25, 0.3) is 0 Å². The van der Waals surface area contributed by atoms with E-state index in [2.05, 4.69) is 4.90 Å². The first kappa shape index (κ1) is 17.4. The average molecular weight is 350 g/mol. The number of likely N-dealkylation sites (tertiary alicyclic amines) is 1. The maximum Gasteiger partial charge on any atom is 0.337 e. The summed E-state index contributed by atoms with van der Waals surface area (Å²) in [5.41, 5.74) is 1.78. The Bertz CT molecular complexity index is 591. The smallest absolute Gasteiger partial charge is 0.337 e. The van der Waals surface area contributed by atoms with E-state index < -0.39 is 0 Å². The van der Waals surface area contributed by atoms with Crippen LogP contribution >= 0.6 is 11.8 Å². The highest BCUT2D eigenvalue weighted by atomic mass is 32.2. The van der Waals surface area contributed by atoms with E-state index in [1.54, 1.807) is 17.8 Å². The van der Waals surface area contributed by atoms with Gasteiger partial charge in [-0.15, -0.1) is 11.8 Å². The molecule has 2 saturated heterocycles. The van der Waals surface area contributed by atoms with Crippen molar-refractivity contribution in [3.63, 3.8) is 0 Å². The van der Waals surface area contributed by atoms with Crippen LogP contribution in [0.25, 0.3) is 0 Å². The van der Waals surface area contributed by atoms with Crippen LogP contribution in [0.3, 0.4) is 0 Å². The zero-order chi connectivity index (χ0) is 17.3. The van der Waals surface area contributed by atoms with Crippen LogP contribution in [0.2, 0.25) is 0 Å². The molecule has 3 rings (SSSR count). The van der Waals surface area contributed by atoms with Crippen LogP contribution in [0.5, 0.6) is 0 Å². The summed E-state index contributed by atoms with van der Waals surface area (Å²) in [5.74, 6) is 0.774. The summed E-state index contributed by atoms with van der Waals surface area (Å²) in [6.45, 7) is 8.26. The topological polar surface area (TPSA) is 49.9 Å². The molecule has 24 heavy (non-hydrogen) atoms. The van der Waals surface area contributed by atoms with E-state index in [1.807, 2.05) is 25.7 Å². The Morgan fingerprint density at radius 1 is 1.25 bits per heavy atom. The molecule has 2 fully saturated rings. The predicted octanol–water partition coefficient (Wildman–Crippen LogP) is 2.74. The fraction of sp³-hybridized carbons (Fsp3) is 0.667. The fourth-order valence-electron chi connectivity index (χ4n) is 3.46. The minimum atomic E-state index is -0.217. The van der Waals surface area contributed by atoms with E-state index in [4.69, 9.17) is 4.74 Å². The van der Waals surface area contributed by atoms with Crippen LogP contribution in [-0.2, 0) is 14.3 Å². The van der Waals surface area contributed by atoms with E-state index in [0.717, 1.165) is 54.5 Å². The van der Waals surface area contributed by atoms with Crippen LogP contribution in [-0.4, -0.2) is 53.2 Å². The van der Waals surface area contributed by atoms with Crippen LogP contribution in [0.1, 0.15) is 40.0 Å². The standard InChI is InChI=1S/C18H26N2O3S/c1-12(2)23-18(22)16-13(3)10-20-14(11-24-17(16)20)9-15(21)19-7-5-4-6-8-19/h9,12-13H,4-8,10-11H2,1-3H3/b14-9+. The molecule has 6 heteroatoms. The van der Waals surface area contributed by atoms with Crippen molar-refractivity contribution in [2.45, 2.75) is 46.1 Å². The molecule has 0 aromatic rings. The SMILES string of the molecule is CC(C)OC(=O)C1=C2SC/C(=C\C(=O)N3CCCCC3)N2CC1C. The van der Waals surface area contributed by atoms with Crippen LogP contribution < -0.4 is 0 Å². The van der Waals surface area contributed by atoms with Crippen molar-refractivity contribution in [2.24, 2.45) is 5.92 Å². The number of hydrogen-bond donors (Lipinski definition) is 0. The minimum Gasteiger partial charge on any atom is -0.460 e. The number of piperidine rings is 1. The highest BCUT2D eigenvalue weighted by Crippen LogP contribution is 2.45. The average Bonchev–Trinajstić information content (AvgIpc) is 3.06. The number of hydrogen-bond acceptors (Lipinski definition) is 5. The van der Waals surface area contributed by atoms with Crippen LogP contribution in [0.4, 0.5) is 0 Å². The van der Waals surface area contributed by atoms with Gasteiger partial charge in [0.05, 0.1) is 16.7 Å². The Morgan fingerprint density at radius 3 is 2.62 bits per heavy atom. The quantitative estimate of drug-likeness (QED) is 0.579. The molecule has 0 aliphatic carbocycles. The maximum absolute atomic E-state index is 12.5. The molecular formula is C18H26N2O3S. The van der Waals surface area contributed by atoms with E-state index in [9.17, 15) is 9.59 Å². The summed E-state index contributed by atoms with van der Waals surface area (Å²) in [4.78, 5) is 28.9. The van der Waals surface area contributed by atoms with Crippen molar-refractivity contribution in [3.05, 3.63) is 22.4 Å². The number of nitrogens with zero attached hydrogens (tertiary/aromatic N) is 2. The van der Waals surface area contributed by atoms with Gasteiger partial charge in [0, 0.05) is 43.1 Å². The fourth-order valence-corrected chi connectivity index (χ4v) is 4.77. The molecule has 3 heterocycles. The largest absolute Gasteiger partial charge is 0.460 e. The van der Waals surface area contributed by atoms with Crippen LogP contribution in [0, 0.1) is 5.92 Å². The van der Waals surface area contributed by atoms with Gasteiger partial charge in [-0.25, -0.2) is 4.79 Å². The van der Waals surface area contributed by atoms with Gasteiger partial charge in [-0.3, -0.25) is 4.79 Å². The molecule has 0 radical (unpaired) electrons. The Kier molecular flexibility index (Phi) is 5.23. The molecular weight excluding hydrogens is 324 g/mol. The molecule has 0 bridgehead atoms. The van der Waals surface area contributed by atoms with Gasteiger partial charge in [0.15, 0.2) is 0 Å². The summed E-state index contributed by atoms with van der Waals surface area (Å²) >= 11 is 1.64. The number of rotatable bonds is 3. The number of amides is 1. The van der Waals surface area contributed by atoms with Crippen molar-refractivity contribution < 1.29 is 14.3 Å². The minimum absolute atomic E-state index is 0.109. The number of thioether (sulfide) groups is 1. The maximum atomic E-state index is 12.5. The van der Waals surface area contributed by atoms with Gasteiger partial charge in [-0.2, -0.15) is 0 Å². The van der Waals surface area contributed by atoms with Gasteiger partial charge < -0.3 is 14.5 Å². The first-order valence-electron chi connectivity index (χ1n) is 8.82. The Hall–Kier alpha value is -1.43. The van der Waals surface area contributed by atoms with Crippen molar-refractivity contribution in [2.75, 3.05) is 25.4 Å². The van der Waals surface area contributed by atoms with Gasteiger partial charge in [0.1, 0.15) is 0 Å². The number of esters is 1. The van der Waals surface area contributed by atoms with Gasteiger partial charge in [0.2, 0.25) is 5.91 Å². The lowest BCUT2D eigenvalue weighted by Crippen LogP contribution is -2.35. The second-order valence-electron chi connectivity index (χ2n) is 6.99. The molecule has 0 saturated carbocycles. The Labute approximate surface area is 148 Å². The molecule has 0 aromatic carbocycles. The molecule has 132 valence electrons. The predicted molar refractivity (Wildman–Crippen MR) is 95.1 cm³/mol. The summed E-state index contributed by atoms with van der Waals surface area (Å²) in [6.07, 6.45) is 5.07. The lowest BCUT2D eigenvalue weighted by atomic mass is 10.1. The molecule has 1 atom stereocenters. The summed E-state index contributed by atoms with van der Waals surface area (Å²) in [6, 6.07) is 0. The second-order valence-corrected chi connectivity index (χ2v) is 7.96. The molecule has 0 aromatic heterocycles. The van der Waals surface area contributed by atoms with E-state index >= 15 is 0 Å². The molecule has 3 aliphatic heterocycles. The molecule has 0 N–H and O–H groups in total. The summed E-state index contributed by atoms with van der Waals surface area (Å²) in [7, 11) is 0. The molecule has 1 amide bonds. The number of ether oxygens (including phenoxy) is 1. The third-order valence-electron chi connectivity index (χ3n) is 4.65. The van der Waals surface area contributed by atoms with E-state index in [-0.39, 0.29) is 23.9 Å². The highest BCUT2D eigenvalue weighted by molar-refractivity contribution is 8.03. The molecule has 1 unspecified atom stereocenters. The Balaban J connectivity index is 1.76. The molecule has 5 nitrogen and oxygen atoms in total. The van der Waals surface area contributed by atoms with E-state index in [1.165, 1.54) is 6.42 Å². The van der Waals surface area contributed by atoms with Gasteiger partial charge >= 0.3 is 5.97 Å². The normalized spacial score (nSPS) is 25.7. The van der Waals surface area contributed by atoms with Crippen LogP contribution in [0.15, 0.2) is 22.4 Å². The first-order chi connectivity index (χ1) is 11.5. The second kappa shape index (κ2) is 7.21. The monoisotopic (exact) mass is 350 g/mol. The lowest BCUT2D eigenvalue weighted by Gasteiger charge is -2.26. The zero-order valence-electron chi connectivity index (χ0n) is 14.7. The van der Waals surface area contributed by atoms with Gasteiger partial charge in [-0.05, 0) is 33.1 Å². The highest BCUT2D eigenvalue weighted by Gasteiger charge is 2.39. The summed E-state index contributed by atoms with van der Waals surface area (Å²) < 4.78 is 5.39. The number of carbonyl (C=O) groups excluding carboxylic acids is 2. The molecule has 3 aliphatic rings. The summed E-state index contributed by atoms with van der Waals surface area (Å²) in [5, 5.41) is 0.978. The first-order valence-corrected chi connectivity index (χ1v) is 9.81. The number of carbonyl (C=O) groups is 2. The van der Waals surface area contributed by atoms with Crippen molar-refractivity contribution in [1.82, 2.24) is 9.80 Å². The zero-order valence-corrected chi connectivity index (χ0v) is 15.5. The van der Waals surface area contributed by atoms with Crippen molar-refractivity contribution in [1.29, 1.82) is 0 Å². The lowest BCUT2D eigenvalue weighted by molar-refractivity contribution is -0.143. The molecule has 0 spiro atoms. The third-order valence-corrected chi connectivity index (χ3v) is 5.80. The van der Waals surface area contributed by atoms with Crippen molar-refractivity contribution >= 4 is 23.6 Å². The number of fused-ring (bicyclic) bond motifs is 1. The van der Waals surface area contributed by atoms with Gasteiger partial charge in [-0.1, -0.05) is 6.92 Å². The third kappa shape index (κ3) is 3.48. The van der Waals surface area contributed by atoms with Crippen molar-refractivity contribution in [3.8, 4) is 0 Å². The van der Waals surface area contributed by atoms with E-state index in [0.29, 0.717) is 0 Å².